The number of nitrogens with one attached hydrogen (secondary N) is 1. The number of piperazine rings is 1. The molecule has 1 aromatic carbocycles. The van der Waals surface area contributed by atoms with Gasteiger partial charge in [-0.2, -0.15) is 0 Å². The summed E-state index contributed by atoms with van der Waals surface area (Å²) in [4.78, 5) is 30.3. The van der Waals surface area contributed by atoms with Gasteiger partial charge in [-0.05, 0) is 24.3 Å². The van der Waals surface area contributed by atoms with Crippen molar-refractivity contribution in [3.05, 3.63) is 35.0 Å². The number of benzene rings is 1. The van der Waals surface area contributed by atoms with E-state index < -0.39 is 6.61 Å². The molecule has 6 nitrogen and oxygen atoms in total. The van der Waals surface area contributed by atoms with Crippen molar-refractivity contribution in [2.75, 3.05) is 32.8 Å². The van der Waals surface area contributed by atoms with Crippen LogP contribution in [0.1, 0.15) is 10.5 Å². The molecule has 0 saturated carbocycles. The van der Waals surface area contributed by atoms with E-state index in [0.717, 1.165) is 10.9 Å². The molecule has 2 N–H and O–H groups in total. The fraction of sp³-hybridized carbons (Fsp3) is 0.333. The fourth-order valence-electron chi connectivity index (χ4n) is 2.65. The van der Waals surface area contributed by atoms with Crippen molar-refractivity contribution >= 4 is 34.3 Å². The van der Waals surface area contributed by atoms with Crippen LogP contribution in [0.4, 0.5) is 0 Å². The van der Waals surface area contributed by atoms with E-state index in [-0.39, 0.29) is 11.8 Å². The molecule has 3 rings (SSSR count). The first-order valence-electron chi connectivity index (χ1n) is 7.04. The molecule has 2 aromatic rings. The van der Waals surface area contributed by atoms with Gasteiger partial charge in [0.2, 0.25) is 5.91 Å². The second-order valence-electron chi connectivity index (χ2n) is 5.25. The van der Waals surface area contributed by atoms with E-state index in [1.165, 1.54) is 0 Å². The summed E-state index contributed by atoms with van der Waals surface area (Å²) in [5, 5.41) is 10.4. The molecule has 116 valence electrons. The van der Waals surface area contributed by atoms with E-state index in [1.54, 1.807) is 21.9 Å². The predicted molar refractivity (Wildman–Crippen MR) is 82.9 cm³/mol. The molecule has 0 spiro atoms. The Balaban J connectivity index is 1.72. The molecule has 1 aliphatic heterocycles. The van der Waals surface area contributed by atoms with Crippen LogP contribution in [0, 0.1) is 0 Å². The van der Waals surface area contributed by atoms with Gasteiger partial charge < -0.3 is 19.9 Å². The van der Waals surface area contributed by atoms with Gasteiger partial charge in [-0.25, -0.2) is 0 Å². The predicted octanol–water partition coefficient (Wildman–Crippen LogP) is 1.10. The monoisotopic (exact) mass is 321 g/mol. The van der Waals surface area contributed by atoms with Gasteiger partial charge in [-0.15, -0.1) is 0 Å². The number of carbonyl (C=O) groups excluding carboxylic acids is 2. The van der Waals surface area contributed by atoms with Crippen molar-refractivity contribution in [2.45, 2.75) is 0 Å². The minimum atomic E-state index is -0.489. The molecule has 7 heteroatoms. The smallest absolute Gasteiger partial charge is 0.270 e. The average Bonchev–Trinajstić information content (AvgIpc) is 2.96. The summed E-state index contributed by atoms with van der Waals surface area (Å²) in [5.41, 5.74) is 1.38. The lowest BCUT2D eigenvalue weighted by atomic mass is 10.2. The molecule has 0 radical (unpaired) electrons. The first kappa shape index (κ1) is 14.9. The van der Waals surface area contributed by atoms with E-state index in [9.17, 15) is 9.59 Å². The number of halogens is 1. The van der Waals surface area contributed by atoms with Crippen LogP contribution in [0.15, 0.2) is 24.3 Å². The van der Waals surface area contributed by atoms with Crippen LogP contribution < -0.4 is 0 Å². The van der Waals surface area contributed by atoms with Gasteiger partial charge in [0, 0.05) is 42.1 Å². The number of aromatic amines is 1. The number of carbonyl (C=O) groups is 2. The zero-order valence-electron chi connectivity index (χ0n) is 11.9. The van der Waals surface area contributed by atoms with Gasteiger partial charge in [0.05, 0.1) is 0 Å². The van der Waals surface area contributed by atoms with Crippen molar-refractivity contribution < 1.29 is 14.7 Å². The van der Waals surface area contributed by atoms with Crippen LogP contribution in [0.25, 0.3) is 10.9 Å². The molecule has 1 fully saturated rings. The van der Waals surface area contributed by atoms with Gasteiger partial charge in [-0.1, -0.05) is 11.6 Å². The summed E-state index contributed by atoms with van der Waals surface area (Å²) < 4.78 is 0. The summed E-state index contributed by atoms with van der Waals surface area (Å²) in [5.74, 6) is -0.393. The number of aliphatic hydroxyl groups is 1. The van der Waals surface area contributed by atoms with Gasteiger partial charge in [0.1, 0.15) is 12.3 Å². The number of hydrogen-bond donors (Lipinski definition) is 2. The second-order valence-corrected chi connectivity index (χ2v) is 5.68. The lowest BCUT2D eigenvalue weighted by molar-refractivity contribution is -0.135. The molecular weight excluding hydrogens is 306 g/mol. The van der Waals surface area contributed by atoms with E-state index in [2.05, 4.69) is 4.98 Å². The Labute approximate surface area is 132 Å². The van der Waals surface area contributed by atoms with Crippen molar-refractivity contribution in [1.82, 2.24) is 14.8 Å². The Bertz CT molecular complexity index is 720. The zero-order valence-corrected chi connectivity index (χ0v) is 12.6. The SMILES string of the molecule is O=C(CO)N1CCN(C(=O)c2cc3cc(Cl)ccc3[nH]2)CC1. The molecule has 0 aliphatic carbocycles. The Hall–Kier alpha value is -2.05. The average molecular weight is 322 g/mol. The number of aliphatic hydroxyl groups excluding tert-OH is 1. The lowest BCUT2D eigenvalue weighted by Crippen LogP contribution is -2.51. The topological polar surface area (TPSA) is 76.6 Å². The van der Waals surface area contributed by atoms with Crippen LogP contribution in [-0.2, 0) is 4.79 Å². The number of nitrogens with zero attached hydrogens (tertiary/aromatic N) is 2. The van der Waals surface area contributed by atoms with Gasteiger partial charge >= 0.3 is 0 Å². The maximum atomic E-state index is 12.5. The quantitative estimate of drug-likeness (QED) is 0.869. The molecule has 2 amide bonds. The van der Waals surface area contributed by atoms with Crippen LogP contribution in [-0.4, -0.2) is 64.5 Å². The summed E-state index contributed by atoms with van der Waals surface area (Å²) >= 11 is 5.95. The Morgan fingerprint density at radius 2 is 1.82 bits per heavy atom. The third kappa shape index (κ3) is 2.80. The van der Waals surface area contributed by atoms with Crippen molar-refractivity contribution in [1.29, 1.82) is 0 Å². The number of aromatic nitrogens is 1. The van der Waals surface area contributed by atoms with Gasteiger partial charge in [0.25, 0.3) is 5.91 Å². The lowest BCUT2D eigenvalue weighted by Gasteiger charge is -2.34. The zero-order chi connectivity index (χ0) is 15.7. The van der Waals surface area contributed by atoms with E-state index >= 15 is 0 Å². The Kier molecular flexibility index (Phi) is 4.04. The van der Waals surface area contributed by atoms with E-state index in [4.69, 9.17) is 16.7 Å². The largest absolute Gasteiger partial charge is 0.387 e. The second kappa shape index (κ2) is 5.98. The summed E-state index contributed by atoms with van der Waals surface area (Å²) in [6.07, 6.45) is 0. The maximum Gasteiger partial charge on any atom is 0.270 e. The third-order valence-corrected chi connectivity index (χ3v) is 4.10. The normalized spacial score (nSPS) is 15.4. The molecule has 0 unspecified atom stereocenters. The maximum absolute atomic E-state index is 12.5. The standard InChI is InChI=1S/C15H16ClN3O3/c16-11-1-2-12-10(7-11)8-13(17-12)15(22)19-5-3-18(4-6-19)14(21)9-20/h1-2,7-8,17,20H,3-6,9H2. The highest BCUT2D eigenvalue weighted by atomic mass is 35.5. The fourth-order valence-corrected chi connectivity index (χ4v) is 2.83. The number of fused-ring (bicyclic) bond motifs is 1. The first-order valence-corrected chi connectivity index (χ1v) is 7.42. The molecule has 22 heavy (non-hydrogen) atoms. The van der Waals surface area contributed by atoms with Crippen LogP contribution >= 0.6 is 11.6 Å². The van der Waals surface area contributed by atoms with Crippen molar-refractivity contribution in [3.8, 4) is 0 Å². The Morgan fingerprint density at radius 3 is 2.50 bits per heavy atom. The summed E-state index contributed by atoms with van der Waals surface area (Å²) in [6, 6.07) is 7.21. The summed E-state index contributed by atoms with van der Waals surface area (Å²) in [7, 11) is 0. The molecule has 1 saturated heterocycles. The van der Waals surface area contributed by atoms with Gasteiger partial charge in [0.15, 0.2) is 0 Å². The van der Waals surface area contributed by atoms with E-state index in [1.807, 2.05) is 12.1 Å². The van der Waals surface area contributed by atoms with Crippen molar-refractivity contribution in [2.24, 2.45) is 0 Å². The molecule has 0 atom stereocenters. The number of hydrogen-bond acceptors (Lipinski definition) is 3. The highest BCUT2D eigenvalue weighted by Crippen LogP contribution is 2.21. The summed E-state index contributed by atoms with van der Waals surface area (Å²) in [6.45, 7) is 1.31. The van der Waals surface area contributed by atoms with Gasteiger partial charge in [-0.3, -0.25) is 9.59 Å². The van der Waals surface area contributed by atoms with Crippen molar-refractivity contribution in [3.63, 3.8) is 0 Å². The number of H-pyrrole nitrogens is 1. The Morgan fingerprint density at radius 1 is 1.14 bits per heavy atom. The van der Waals surface area contributed by atoms with E-state index in [0.29, 0.717) is 36.9 Å². The van der Waals surface area contributed by atoms with Crippen LogP contribution in [0.5, 0.6) is 0 Å². The minimum absolute atomic E-state index is 0.0941. The molecular formula is C15H16ClN3O3. The molecule has 2 heterocycles. The highest BCUT2D eigenvalue weighted by molar-refractivity contribution is 6.31. The minimum Gasteiger partial charge on any atom is -0.387 e. The molecule has 1 aromatic heterocycles. The highest BCUT2D eigenvalue weighted by Gasteiger charge is 2.25. The van der Waals surface area contributed by atoms with Crippen LogP contribution in [0.2, 0.25) is 5.02 Å². The molecule has 0 bridgehead atoms. The number of rotatable bonds is 2. The van der Waals surface area contributed by atoms with Crippen LogP contribution in [0.3, 0.4) is 0 Å². The first-order chi connectivity index (χ1) is 10.6. The molecule has 1 aliphatic rings. The number of amides is 2. The third-order valence-electron chi connectivity index (χ3n) is 3.87.